The summed E-state index contributed by atoms with van der Waals surface area (Å²) in [4.78, 5) is 0. The molecule has 0 aromatic heterocycles. The predicted octanol–water partition coefficient (Wildman–Crippen LogP) is 3.69. The Morgan fingerprint density at radius 3 is 0.722 bits per heavy atom. The molecule has 0 fully saturated rings. The number of rotatable bonds is 0. The summed E-state index contributed by atoms with van der Waals surface area (Å²) in [6.07, 6.45) is 4.61. The van der Waals surface area contributed by atoms with Crippen LogP contribution in [0.2, 0.25) is 0 Å². The number of hydrogen-bond donors (Lipinski definition) is 0. The maximum Gasteiger partial charge on any atom is -0.0238 e. The second-order valence-corrected chi connectivity index (χ2v) is 4.63. The minimum atomic E-state index is 0. The highest BCUT2D eigenvalue weighted by Gasteiger charge is 2.01. The molecule has 0 amide bonds. The molecule has 4 bridgehead atoms. The lowest BCUT2D eigenvalue weighted by molar-refractivity contribution is 0.921. The van der Waals surface area contributed by atoms with Gasteiger partial charge in [-0.05, 0) is 47.9 Å². The van der Waals surface area contributed by atoms with Gasteiger partial charge in [0.25, 0.3) is 0 Å². The van der Waals surface area contributed by atoms with Crippen molar-refractivity contribution in [2.24, 2.45) is 0 Å². The van der Waals surface area contributed by atoms with Gasteiger partial charge in [-0.1, -0.05) is 48.5 Å². The maximum absolute atomic E-state index is 2.28. The molecule has 6 rings (SSSR count). The molecule has 0 spiro atoms. The third-order valence-corrected chi connectivity index (χ3v) is 3.45. The largest absolute Gasteiger partial charge is 0.153 e. The quantitative estimate of drug-likeness (QED) is 0.644. The molecule has 0 radical (unpaired) electrons. The van der Waals surface area contributed by atoms with E-state index in [2.05, 4.69) is 48.5 Å². The molecule has 0 saturated heterocycles. The van der Waals surface area contributed by atoms with Crippen LogP contribution >= 0.6 is 19.8 Å². The molecule has 2 atom stereocenters. The van der Waals surface area contributed by atoms with Crippen molar-refractivity contribution >= 4 is 19.8 Å². The molecular formula is C16H22P2. The minimum Gasteiger partial charge on any atom is -0.153 e. The lowest BCUT2D eigenvalue weighted by Gasteiger charge is -2.09. The van der Waals surface area contributed by atoms with E-state index in [4.69, 9.17) is 0 Å². The molecule has 2 heteroatoms. The van der Waals surface area contributed by atoms with Gasteiger partial charge in [-0.2, -0.15) is 19.8 Å². The van der Waals surface area contributed by atoms with Crippen LogP contribution in [0.15, 0.2) is 48.5 Å². The first-order chi connectivity index (χ1) is 7.90. The van der Waals surface area contributed by atoms with E-state index in [9.17, 15) is 0 Å². The van der Waals surface area contributed by atoms with E-state index in [0.29, 0.717) is 0 Å². The van der Waals surface area contributed by atoms with Gasteiger partial charge in [0.2, 0.25) is 0 Å². The molecule has 18 heavy (non-hydrogen) atoms. The molecule has 0 nitrogen and oxygen atoms in total. The van der Waals surface area contributed by atoms with Crippen molar-refractivity contribution in [2.45, 2.75) is 25.7 Å². The van der Waals surface area contributed by atoms with E-state index in [-0.39, 0.29) is 19.8 Å². The Hall–Kier alpha value is -0.700. The molecular weight excluding hydrogens is 254 g/mol. The molecule has 2 aromatic carbocycles. The van der Waals surface area contributed by atoms with Gasteiger partial charge < -0.3 is 0 Å². The lowest BCUT2D eigenvalue weighted by Crippen LogP contribution is -1.97. The fraction of sp³-hybridized carbons (Fsp3) is 0.250. The average molecular weight is 276 g/mol. The molecule has 0 saturated carbocycles. The van der Waals surface area contributed by atoms with Crippen LogP contribution in [0, 0.1) is 0 Å². The zero-order valence-electron chi connectivity index (χ0n) is 10.9. The summed E-state index contributed by atoms with van der Waals surface area (Å²) in [6.45, 7) is 0. The fourth-order valence-corrected chi connectivity index (χ4v) is 2.32. The molecule has 0 heterocycles. The topological polar surface area (TPSA) is 0 Å². The molecule has 4 aliphatic rings. The summed E-state index contributed by atoms with van der Waals surface area (Å²) < 4.78 is 0. The molecule has 2 unspecified atom stereocenters. The van der Waals surface area contributed by atoms with Gasteiger partial charge in [0.05, 0.1) is 0 Å². The molecule has 4 aliphatic carbocycles. The van der Waals surface area contributed by atoms with Gasteiger partial charge in [0.15, 0.2) is 0 Å². The Kier molecular flexibility index (Phi) is 6.00. The lowest BCUT2D eigenvalue weighted by atomic mass is 9.97. The Morgan fingerprint density at radius 1 is 0.389 bits per heavy atom. The summed E-state index contributed by atoms with van der Waals surface area (Å²) in [7, 11) is 0. The zero-order valence-corrected chi connectivity index (χ0v) is 13.7. The van der Waals surface area contributed by atoms with Gasteiger partial charge in [0, 0.05) is 0 Å². The van der Waals surface area contributed by atoms with Crippen LogP contribution in [0.3, 0.4) is 0 Å². The third kappa shape index (κ3) is 3.64. The van der Waals surface area contributed by atoms with Crippen LogP contribution in [0.25, 0.3) is 0 Å². The Bertz CT molecular complexity index is 378. The summed E-state index contributed by atoms with van der Waals surface area (Å²) in [5.41, 5.74) is 5.81. The maximum atomic E-state index is 2.28. The summed E-state index contributed by atoms with van der Waals surface area (Å²) in [6, 6.07) is 18.2. The number of aryl methyl sites for hydroxylation is 4. The first-order valence-electron chi connectivity index (χ1n) is 6.06. The SMILES string of the molecule is P.P.c1cc2ccc1CCc1ccc(cc1)CC2. The Morgan fingerprint density at radius 2 is 0.556 bits per heavy atom. The van der Waals surface area contributed by atoms with Gasteiger partial charge in [-0.25, -0.2) is 0 Å². The monoisotopic (exact) mass is 276 g/mol. The van der Waals surface area contributed by atoms with Crippen LogP contribution in [-0.2, 0) is 25.7 Å². The average Bonchev–Trinajstić information content (AvgIpc) is 2.33. The summed E-state index contributed by atoms with van der Waals surface area (Å²) in [5.74, 6) is 0. The molecule has 0 N–H and O–H groups in total. The van der Waals surface area contributed by atoms with Crippen molar-refractivity contribution in [3.8, 4) is 0 Å². The van der Waals surface area contributed by atoms with Crippen LogP contribution in [0.1, 0.15) is 22.3 Å². The van der Waals surface area contributed by atoms with Gasteiger partial charge in [-0.3, -0.25) is 0 Å². The highest BCUT2D eigenvalue weighted by molar-refractivity contribution is 6.92. The number of hydrogen-bond acceptors (Lipinski definition) is 0. The molecule has 96 valence electrons. The summed E-state index contributed by atoms with van der Waals surface area (Å²) in [5, 5.41) is 0. The van der Waals surface area contributed by atoms with Crippen molar-refractivity contribution in [2.75, 3.05) is 0 Å². The second kappa shape index (κ2) is 7.03. The normalized spacial score (nSPS) is 12.9. The second-order valence-electron chi connectivity index (χ2n) is 4.63. The standard InChI is InChI=1S/C16H16.2H3P/c1-2-14-4-3-13(1)9-10-15-5-7-16(8-6-15)12-11-14;;/h1-8H,9-12H2;2*1H3. The highest BCUT2D eigenvalue weighted by atomic mass is 31.0. The Balaban J connectivity index is 0.000000810. The van der Waals surface area contributed by atoms with Crippen molar-refractivity contribution in [3.05, 3.63) is 70.8 Å². The van der Waals surface area contributed by atoms with Gasteiger partial charge in [0.1, 0.15) is 0 Å². The molecule has 0 aliphatic heterocycles. The Labute approximate surface area is 116 Å². The van der Waals surface area contributed by atoms with Crippen LogP contribution in [0.5, 0.6) is 0 Å². The van der Waals surface area contributed by atoms with E-state index in [1.165, 1.54) is 22.3 Å². The van der Waals surface area contributed by atoms with Crippen LogP contribution in [0.4, 0.5) is 0 Å². The first kappa shape index (κ1) is 15.4. The van der Waals surface area contributed by atoms with Crippen molar-refractivity contribution in [1.29, 1.82) is 0 Å². The van der Waals surface area contributed by atoms with Crippen LogP contribution < -0.4 is 0 Å². The van der Waals surface area contributed by atoms with Crippen molar-refractivity contribution in [3.63, 3.8) is 0 Å². The zero-order chi connectivity index (χ0) is 10.8. The minimum absolute atomic E-state index is 0. The smallest absolute Gasteiger partial charge is 0.0238 e. The van der Waals surface area contributed by atoms with E-state index >= 15 is 0 Å². The first-order valence-corrected chi connectivity index (χ1v) is 6.06. The van der Waals surface area contributed by atoms with E-state index < -0.39 is 0 Å². The van der Waals surface area contributed by atoms with Crippen LogP contribution in [-0.4, -0.2) is 0 Å². The van der Waals surface area contributed by atoms with E-state index in [1.54, 1.807) is 0 Å². The fourth-order valence-electron chi connectivity index (χ4n) is 2.32. The van der Waals surface area contributed by atoms with E-state index in [0.717, 1.165) is 25.7 Å². The highest BCUT2D eigenvalue weighted by Crippen LogP contribution is 2.14. The summed E-state index contributed by atoms with van der Waals surface area (Å²) >= 11 is 0. The van der Waals surface area contributed by atoms with E-state index in [1.807, 2.05) is 0 Å². The van der Waals surface area contributed by atoms with Crippen molar-refractivity contribution < 1.29 is 0 Å². The third-order valence-electron chi connectivity index (χ3n) is 3.45. The predicted molar refractivity (Wildman–Crippen MR) is 89.9 cm³/mol. The number of benzene rings is 2. The van der Waals surface area contributed by atoms with Gasteiger partial charge >= 0.3 is 0 Å². The van der Waals surface area contributed by atoms with Crippen molar-refractivity contribution in [1.82, 2.24) is 0 Å². The molecule has 2 aromatic rings. The van der Waals surface area contributed by atoms with Gasteiger partial charge in [-0.15, -0.1) is 0 Å².